The van der Waals surface area contributed by atoms with E-state index in [2.05, 4.69) is 25.7 Å². The number of hydrogen-bond acceptors (Lipinski definition) is 3. The van der Waals surface area contributed by atoms with E-state index in [0.29, 0.717) is 18.0 Å². The zero-order valence-corrected chi connectivity index (χ0v) is 15.0. The monoisotopic (exact) mass is 367 g/mol. The highest BCUT2D eigenvalue weighted by Crippen LogP contribution is 2.33. The highest BCUT2D eigenvalue weighted by molar-refractivity contribution is 5.95. The first-order valence-corrected chi connectivity index (χ1v) is 9.32. The number of rotatable bonds is 5. The van der Waals surface area contributed by atoms with Crippen LogP contribution >= 0.6 is 0 Å². The Kier molecular flexibility index (Phi) is 5.00. The second kappa shape index (κ2) is 7.73. The fourth-order valence-electron chi connectivity index (χ4n) is 3.76. The number of benzene rings is 1. The first-order chi connectivity index (χ1) is 13.2. The number of nitrogens with one attached hydrogen (secondary N) is 3. The lowest BCUT2D eigenvalue weighted by Crippen LogP contribution is -2.24. The van der Waals surface area contributed by atoms with E-state index >= 15 is 0 Å². The smallest absolute Gasteiger partial charge is 0.255 e. The summed E-state index contributed by atoms with van der Waals surface area (Å²) in [6.45, 7) is 0.331. The van der Waals surface area contributed by atoms with E-state index in [4.69, 9.17) is 0 Å². The summed E-state index contributed by atoms with van der Waals surface area (Å²) in [7, 11) is 0. The molecule has 0 spiro atoms. The van der Waals surface area contributed by atoms with Gasteiger partial charge in [-0.2, -0.15) is 10.2 Å². The van der Waals surface area contributed by atoms with E-state index in [1.807, 2.05) is 0 Å². The van der Waals surface area contributed by atoms with Gasteiger partial charge in [-0.3, -0.25) is 15.0 Å². The van der Waals surface area contributed by atoms with Crippen LogP contribution in [0.15, 0.2) is 36.7 Å². The van der Waals surface area contributed by atoms with Gasteiger partial charge in [-0.1, -0.05) is 19.3 Å². The summed E-state index contributed by atoms with van der Waals surface area (Å²) < 4.78 is 13.1. The number of amides is 1. The number of halogens is 1. The molecule has 1 fully saturated rings. The first kappa shape index (κ1) is 17.5. The minimum Gasteiger partial charge on any atom is -0.348 e. The van der Waals surface area contributed by atoms with Crippen LogP contribution in [0.2, 0.25) is 0 Å². The molecule has 3 aromatic rings. The zero-order valence-electron chi connectivity index (χ0n) is 15.0. The van der Waals surface area contributed by atoms with Gasteiger partial charge in [-0.05, 0) is 37.1 Å². The van der Waals surface area contributed by atoms with Gasteiger partial charge < -0.3 is 5.32 Å². The Balaban J connectivity index is 1.46. The lowest BCUT2D eigenvalue weighted by molar-refractivity contribution is 0.0949. The maximum absolute atomic E-state index is 13.1. The molecule has 2 aromatic heterocycles. The SMILES string of the molecule is O=C(NCc1cn[nH]c1-c1ccc(F)cc1)c1cn[nH]c1C1CCCCC1. The molecule has 2 heterocycles. The van der Waals surface area contributed by atoms with Crippen LogP contribution in [-0.2, 0) is 6.54 Å². The van der Waals surface area contributed by atoms with Crippen LogP contribution in [0.4, 0.5) is 4.39 Å². The van der Waals surface area contributed by atoms with Gasteiger partial charge in [0.25, 0.3) is 5.91 Å². The third-order valence-electron chi connectivity index (χ3n) is 5.22. The number of aromatic amines is 2. The maximum Gasteiger partial charge on any atom is 0.255 e. The topological polar surface area (TPSA) is 86.5 Å². The molecule has 0 atom stereocenters. The molecule has 3 N–H and O–H groups in total. The molecule has 1 aliphatic rings. The molecule has 1 aliphatic carbocycles. The molecule has 6 nitrogen and oxygen atoms in total. The van der Waals surface area contributed by atoms with E-state index in [-0.39, 0.29) is 11.7 Å². The fourth-order valence-corrected chi connectivity index (χ4v) is 3.76. The van der Waals surface area contributed by atoms with Crippen LogP contribution in [0.5, 0.6) is 0 Å². The number of carbonyl (C=O) groups is 1. The molecule has 1 aromatic carbocycles. The van der Waals surface area contributed by atoms with Gasteiger partial charge in [0.2, 0.25) is 0 Å². The Hall–Kier alpha value is -2.96. The van der Waals surface area contributed by atoms with Crippen LogP contribution in [0, 0.1) is 5.82 Å². The molecule has 4 rings (SSSR count). The first-order valence-electron chi connectivity index (χ1n) is 9.32. The minimum absolute atomic E-state index is 0.143. The molecule has 1 amide bonds. The summed E-state index contributed by atoms with van der Waals surface area (Å²) in [6, 6.07) is 6.18. The number of hydrogen-bond donors (Lipinski definition) is 3. The summed E-state index contributed by atoms with van der Waals surface area (Å²) in [6.07, 6.45) is 9.13. The molecule has 27 heavy (non-hydrogen) atoms. The third kappa shape index (κ3) is 3.77. The molecule has 0 bridgehead atoms. The Morgan fingerprint density at radius 2 is 1.81 bits per heavy atom. The van der Waals surface area contributed by atoms with Gasteiger partial charge in [0.1, 0.15) is 5.82 Å². The van der Waals surface area contributed by atoms with Crippen molar-refractivity contribution in [3.63, 3.8) is 0 Å². The summed E-state index contributed by atoms with van der Waals surface area (Å²) in [4.78, 5) is 12.7. The standard InChI is InChI=1S/C20H22FN5O/c21-16-8-6-14(7-9-16)18-15(11-23-25-18)10-22-20(27)17-12-24-26-19(17)13-4-2-1-3-5-13/h6-9,11-13H,1-5,10H2,(H,22,27)(H,23,25)(H,24,26). The summed E-state index contributed by atoms with van der Waals surface area (Å²) in [5.74, 6) is -0.0513. The van der Waals surface area contributed by atoms with E-state index in [0.717, 1.165) is 35.4 Å². The molecule has 0 saturated heterocycles. The second-order valence-corrected chi connectivity index (χ2v) is 6.99. The predicted molar refractivity (Wildman–Crippen MR) is 99.6 cm³/mol. The van der Waals surface area contributed by atoms with Crippen LogP contribution in [-0.4, -0.2) is 26.3 Å². The van der Waals surface area contributed by atoms with Crippen molar-refractivity contribution in [2.75, 3.05) is 0 Å². The normalized spacial score (nSPS) is 15.0. The minimum atomic E-state index is -0.289. The second-order valence-electron chi connectivity index (χ2n) is 6.99. The van der Waals surface area contributed by atoms with Crippen molar-refractivity contribution in [3.8, 4) is 11.3 Å². The zero-order chi connectivity index (χ0) is 18.6. The average Bonchev–Trinajstić information content (AvgIpc) is 3.37. The van der Waals surface area contributed by atoms with Gasteiger partial charge in [0, 0.05) is 23.6 Å². The van der Waals surface area contributed by atoms with Crippen LogP contribution in [0.25, 0.3) is 11.3 Å². The molecule has 0 unspecified atom stereocenters. The quantitative estimate of drug-likeness (QED) is 0.639. The van der Waals surface area contributed by atoms with Gasteiger partial charge in [-0.25, -0.2) is 4.39 Å². The Morgan fingerprint density at radius 3 is 2.59 bits per heavy atom. The van der Waals surface area contributed by atoms with E-state index < -0.39 is 0 Å². The van der Waals surface area contributed by atoms with Crippen molar-refractivity contribution in [1.29, 1.82) is 0 Å². The summed E-state index contributed by atoms with van der Waals surface area (Å²) in [5.41, 5.74) is 4.00. The maximum atomic E-state index is 13.1. The number of carbonyl (C=O) groups excluding carboxylic acids is 1. The number of aromatic nitrogens is 4. The number of nitrogens with zero attached hydrogens (tertiary/aromatic N) is 2. The van der Waals surface area contributed by atoms with Crippen molar-refractivity contribution in [1.82, 2.24) is 25.7 Å². The van der Waals surface area contributed by atoms with Gasteiger partial charge >= 0.3 is 0 Å². The van der Waals surface area contributed by atoms with Crippen LogP contribution in [0.1, 0.15) is 59.6 Å². The average molecular weight is 367 g/mol. The molecule has 0 radical (unpaired) electrons. The summed E-state index contributed by atoms with van der Waals surface area (Å²) in [5, 5.41) is 17.1. The van der Waals surface area contributed by atoms with Gasteiger partial charge in [0.05, 0.1) is 29.3 Å². The van der Waals surface area contributed by atoms with Crippen LogP contribution in [0.3, 0.4) is 0 Å². The summed E-state index contributed by atoms with van der Waals surface area (Å²) >= 11 is 0. The Labute approximate surface area is 156 Å². The van der Waals surface area contributed by atoms with Crippen molar-refractivity contribution in [2.45, 2.75) is 44.6 Å². The highest BCUT2D eigenvalue weighted by Gasteiger charge is 2.23. The molecule has 1 saturated carbocycles. The molecule has 7 heteroatoms. The largest absolute Gasteiger partial charge is 0.348 e. The molecule has 0 aliphatic heterocycles. The molecular formula is C20H22FN5O. The fraction of sp³-hybridized carbons (Fsp3) is 0.350. The Morgan fingerprint density at radius 1 is 1.07 bits per heavy atom. The van der Waals surface area contributed by atoms with E-state index in [1.54, 1.807) is 24.5 Å². The van der Waals surface area contributed by atoms with Crippen molar-refractivity contribution >= 4 is 5.91 Å². The van der Waals surface area contributed by atoms with Crippen LogP contribution < -0.4 is 5.32 Å². The highest BCUT2D eigenvalue weighted by atomic mass is 19.1. The number of H-pyrrole nitrogens is 2. The Bertz CT molecular complexity index is 909. The van der Waals surface area contributed by atoms with Crippen molar-refractivity contribution < 1.29 is 9.18 Å². The molecular weight excluding hydrogens is 345 g/mol. The predicted octanol–water partition coefficient (Wildman–Crippen LogP) is 3.92. The van der Waals surface area contributed by atoms with Gasteiger partial charge in [-0.15, -0.1) is 0 Å². The van der Waals surface area contributed by atoms with Gasteiger partial charge in [0.15, 0.2) is 0 Å². The lowest BCUT2D eigenvalue weighted by atomic mass is 9.85. The third-order valence-corrected chi connectivity index (χ3v) is 5.22. The lowest BCUT2D eigenvalue weighted by Gasteiger charge is -2.21. The van der Waals surface area contributed by atoms with E-state index in [1.165, 1.54) is 31.4 Å². The molecule has 140 valence electrons. The van der Waals surface area contributed by atoms with Crippen molar-refractivity contribution in [2.24, 2.45) is 0 Å². The van der Waals surface area contributed by atoms with Crippen molar-refractivity contribution in [3.05, 3.63) is 59.3 Å². The van der Waals surface area contributed by atoms with E-state index in [9.17, 15) is 9.18 Å².